The highest BCUT2D eigenvalue weighted by Crippen LogP contribution is 2.51. The van der Waals surface area contributed by atoms with Crippen molar-refractivity contribution in [2.75, 3.05) is 0 Å². The van der Waals surface area contributed by atoms with Gasteiger partial charge in [0, 0.05) is 0 Å². The molecule has 0 aliphatic heterocycles. The summed E-state index contributed by atoms with van der Waals surface area (Å²) < 4.78 is 0.742. The number of hydrogen-bond donors (Lipinski definition) is 0. The van der Waals surface area contributed by atoms with E-state index in [2.05, 4.69) is 48.5 Å². The lowest BCUT2D eigenvalue weighted by Gasteiger charge is -2.44. The van der Waals surface area contributed by atoms with Gasteiger partial charge >= 0.3 is 0 Å². The lowest BCUT2D eigenvalue weighted by Crippen LogP contribution is -2.38. The van der Waals surface area contributed by atoms with Crippen molar-refractivity contribution in [2.24, 2.45) is 11.8 Å². The van der Waals surface area contributed by atoms with Crippen LogP contribution in [0.1, 0.15) is 99.8 Å². The molecule has 0 saturated carbocycles. The lowest BCUT2D eigenvalue weighted by molar-refractivity contribution is 0.326. The summed E-state index contributed by atoms with van der Waals surface area (Å²) in [5.74, 6) is 1.79. The zero-order valence-corrected chi connectivity index (χ0v) is 17.5. The van der Waals surface area contributed by atoms with Crippen molar-refractivity contribution in [1.29, 1.82) is 0 Å². The van der Waals surface area contributed by atoms with Crippen LogP contribution in [0, 0.1) is 11.8 Å². The van der Waals surface area contributed by atoms with Crippen molar-refractivity contribution in [3.05, 3.63) is 0 Å². The number of hydrogen-bond acceptors (Lipinski definition) is 0. The summed E-state index contributed by atoms with van der Waals surface area (Å²) in [5, 5.41) is 3.17. The first-order valence-electron chi connectivity index (χ1n) is 9.94. The predicted octanol–water partition coefficient (Wildman–Crippen LogP) is 7.71. The average Bonchev–Trinajstić information content (AvgIpc) is 2.43. The van der Waals surface area contributed by atoms with Crippen LogP contribution < -0.4 is 0 Å². The van der Waals surface area contributed by atoms with Crippen LogP contribution in [0.5, 0.6) is 0 Å². The molecule has 0 amide bonds. The molecule has 1 heteroatoms. The standard InChI is InChI=1S/C12H25.2C4H9.Al/c1-5-7-9-12(11(3)4)10-8-6-2;1-4(2)3;1-3-4-2;/h11H,5-10H2,1-4H3;4H,1H2,2-3H3;1,3-4H2,2H3;. The van der Waals surface area contributed by atoms with Gasteiger partial charge in [0.1, 0.15) is 0 Å². The van der Waals surface area contributed by atoms with E-state index < -0.39 is 14.1 Å². The minimum absolute atomic E-state index is 0.681. The number of unbranched alkanes of at least 4 members (excludes halogenated alkanes) is 3. The predicted molar refractivity (Wildman–Crippen MR) is 102 cm³/mol. The van der Waals surface area contributed by atoms with Gasteiger partial charge in [-0.3, -0.25) is 0 Å². The molecule has 0 radical (unpaired) electrons. The fourth-order valence-electron chi connectivity index (χ4n) is 4.25. The minimum Gasteiger partial charge on any atom is -0.0935 e. The molecule has 21 heavy (non-hydrogen) atoms. The lowest BCUT2D eigenvalue weighted by atomic mass is 9.84. The Morgan fingerprint density at radius 3 is 1.57 bits per heavy atom. The van der Waals surface area contributed by atoms with Gasteiger partial charge in [0.15, 0.2) is 0 Å². The molecule has 0 aromatic carbocycles. The monoisotopic (exact) mass is 310 g/mol. The van der Waals surface area contributed by atoms with E-state index in [-0.39, 0.29) is 0 Å². The largest absolute Gasteiger partial charge is 0.270 e. The van der Waals surface area contributed by atoms with Crippen LogP contribution in [-0.4, -0.2) is 14.1 Å². The van der Waals surface area contributed by atoms with Crippen LogP contribution >= 0.6 is 0 Å². The van der Waals surface area contributed by atoms with Gasteiger partial charge in [-0.1, -0.05) is 127 Å². The Morgan fingerprint density at radius 2 is 1.24 bits per heavy atom. The zero-order chi connectivity index (χ0) is 16.3. The number of rotatable bonds is 13. The molecule has 0 unspecified atom stereocenters. The average molecular weight is 311 g/mol. The third kappa shape index (κ3) is 7.56. The molecule has 0 spiro atoms. The summed E-state index contributed by atoms with van der Waals surface area (Å²) >= 11 is -0.681. The van der Waals surface area contributed by atoms with E-state index in [1.54, 1.807) is 10.6 Å². The quantitative estimate of drug-likeness (QED) is 0.305. The third-order valence-electron chi connectivity index (χ3n) is 5.62. The normalized spacial score (nSPS) is 12.4. The second-order valence-electron chi connectivity index (χ2n) is 8.06. The Hall–Kier alpha value is 0.532. The van der Waals surface area contributed by atoms with E-state index in [9.17, 15) is 0 Å². The maximum absolute atomic E-state index is 2.54. The molecular formula is C20H43Al. The molecular weight excluding hydrogens is 267 g/mol. The Morgan fingerprint density at radius 1 is 0.762 bits per heavy atom. The topological polar surface area (TPSA) is 0 Å². The maximum Gasteiger partial charge on any atom is 0.270 e. The Bertz CT molecular complexity index is 224. The first-order chi connectivity index (χ1) is 9.94. The van der Waals surface area contributed by atoms with E-state index in [0.29, 0.717) is 0 Å². The van der Waals surface area contributed by atoms with Crippen molar-refractivity contribution in [3.63, 3.8) is 0 Å². The van der Waals surface area contributed by atoms with E-state index in [1.807, 2.05) is 0 Å². The SMILES string of the molecule is CCC[CH2][Al]([CH2]C(C)C)[C](CCCC)(CCCC)C(C)C. The van der Waals surface area contributed by atoms with Crippen LogP contribution in [0.4, 0.5) is 0 Å². The van der Waals surface area contributed by atoms with Crippen molar-refractivity contribution in [2.45, 2.75) is 115 Å². The van der Waals surface area contributed by atoms with Gasteiger partial charge in [-0.15, -0.1) is 0 Å². The van der Waals surface area contributed by atoms with Crippen LogP contribution in [0.2, 0.25) is 14.8 Å². The minimum atomic E-state index is -0.681. The van der Waals surface area contributed by atoms with Gasteiger partial charge in [0.2, 0.25) is 0 Å². The fourth-order valence-corrected chi connectivity index (χ4v) is 9.74. The highest BCUT2D eigenvalue weighted by atomic mass is 27.2. The summed E-state index contributed by atoms with van der Waals surface area (Å²) in [6, 6.07) is 0. The fraction of sp³-hybridized carbons (Fsp3) is 1.00. The molecule has 0 aromatic rings. The molecule has 0 N–H and O–H groups in total. The van der Waals surface area contributed by atoms with E-state index in [4.69, 9.17) is 0 Å². The van der Waals surface area contributed by atoms with Crippen LogP contribution in [0.15, 0.2) is 0 Å². The molecule has 0 heterocycles. The van der Waals surface area contributed by atoms with Crippen LogP contribution in [0.3, 0.4) is 0 Å². The van der Waals surface area contributed by atoms with Gasteiger partial charge < -0.3 is 0 Å². The molecule has 0 aromatic heterocycles. The molecule has 0 rings (SSSR count). The first-order valence-corrected chi connectivity index (χ1v) is 12.2. The summed E-state index contributed by atoms with van der Waals surface area (Å²) in [7, 11) is 0. The summed E-state index contributed by atoms with van der Waals surface area (Å²) in [6.45, 7) is 17.1. The third-order valence-corrected chi connectivity index (χ3v) is 11.1. The van der Waals surface area contributed by atoms with E-state index in [1.165, 1.54) is 51.4 Å². The second-order valence-corrected chi connectivity index (χ2v) is 11.7. The van der Waals surface area contributed by atoms with Crippen LogP contribution in [-0.2, 0) is 0 Å². The van der Waals surface area contributed by atoms with Crippen molar-refractivity contribution < 1.29 is 0 Å². The van der Waals surface area contributed by atoms with Gasteiger partial charge in [-0.25, -0.2) is 0 Å². The summed E-state index contributed by atoms with van der Waals surface area (Å²) in [5.41, 5.74) is 0. The highest BCUT2D eigenvalue weighted by molar-refractivity contribution is 6.62. The van der Waals surface area contributed by atoms with Gasteiger partial charge in [-0.05, 0) is 0 Å². The molecule has 0 aliphatic rings. The maximum atomic E-state index is 2.54. The molecule has 0 saturated heterocycles. The van der Waals surface area contributed by atoms with E-state index >= 15 is 0 Å². The molecule has 0 bridgehead atoms. The Balaban J connectivity index is 5.26. The van der Waals surface area contributed by atoms with E-state index in [0.717, 1.165) is 16.1 Å². The van der Waals surface area contributed by atoms with Crippen molar-refractivity contribution >= 4 is 14.1 Å². The van der Waals surface area contributed by atoms with Gasteiger partial charge in [-0.2, -0.15) is 0 Å². The zero-order valence-electron chi connectivity index (χ0n) is 16.3. The smallest absolute Gasteiger partial charge is 0.0935 e. The van der Waals surface area contributed by atoms with Crippen molar-refractivity contribution in [3.8, 4) is 0 Å². The highest BCUT2D eigenvalue weighted by Gasteiger charge is 2.43. The Labute approximate surface area is 140 Å². The molecule has 0 fully saturated rings. The first kappa shape index (κ1) is 21.5. The molecule has 0 aliphatic carbocycles. The summed E-state index contributed by atoms with van der Waals surface area (Å²) in [4.78, 5) is 0. The van der Waals surface area contributed by atoms with Crippen molar-refractivity contribution in [1.82, 2.24) is 0 Å². The Kier molecular flexibility index (Phi) is 12.3. The molecule has 0 atom stereocenters. The molecule has 0 nitrogen and oxygen atoms in total. The van der Waals surface area contributed by atoms with Crippen LogP contribution in [0.25, 0.3) is 0 Å². The second kappa shape index (κ2) is 12.0. The van der Waals surface area contributed by atoms with Gasteiger partial charge in [0.05, 0.1) is 0 Å². The van der Waals surface area contributed by atoms with Gasteiger partial charge in [0.25, 0.3) is 14.1 Å². The summed E-state index contributed by atoms with van der Waals surface area (Å²) in [6.07, 6.45) is 11.6. The molecule has 126 valence electrons.